The number of carbonyl (C=O) groups is 1. The smallest absolute Gasteiger partial charge is 0.220 e. The summed E-state index contributed by atoms with van der Waals surface area (Å²) in [5.41, 5.74) is 0.882. The zero-order valence-electron chi connectivity index (χ0n) is 14.4. The molecule has 134 valence electrons. The molecule has 3 N–H and O–H groups in total. The number of β-amino-alcohol motifs (C(OH)–C–C–N with tert-alkyl or cyclic N) is 1. The molecule has 1 saturated heterocycles. The number of aryl methyl sites for hydroxylation is 1. The molecule has 0 aromatic heterocycles. The fraction of sp³-hybridized carbons (Fsp3) is 0.588. The van der Waals surface area contributed by atoms with Crippen LogP contribution in [0.25, 0.3) is 0 Å². The van der Waals surface area contributed by atoms with E-state index >= 15 is 0 Å². The number of aliphatic hydroxyl groups is 1. The first-order valence-electron chi connectivity index (χ1n) is 8.04. The Morgan fingerprint density at radius 1 is 1.21 bits per heavy atom. The minimum absolute atomic E-state index is 0.0501. The van der Waals surface area contributed by atoms with Gasteiger partial charge in [-0.2, -0.15) is 0 Å². The normalized spacial score (nSPS) is 19.8. The van der Waals surface area contributed by atoms with Gasteiger partial charge in [0.15, 0.2) is 11.5 Å². The van der Waals surface area contributed by atoms with Gasteiger partial charge in [-0.05, 0) is 18.1 Å². The van der Waals surface area contributed by atoms with E-state index < -0.39 is 6.10 Å². The molecule has 2 atom stereocenters. The van der Waals surface area contributed by atoms with Gasteiger partial charge in [0.05, 0.1) is 27.4 Å². The molecule has 1 aromatic carbocycles. The Kier molecular flexibility index (Phi) is 6.69. The lowest BCUT2D eigenvalue weighted by Crippen LogP contribution is -2.34. The number of ether oxygens (including phenoxy) is 3. The number of rotatable bonds is 8. The van der Waals surface area contributed by atoms with Crippen LogP contribution in [0, 0.1) is 5.92 Å². The van der Waals surface area contributed by atoms with Crippen LogP contribution in [-0.2, 0) is 11.2 Å². The molecule has 0 bridgehead atoms. The van der Waals surface area contributed by atoms with Crippen LogP contribution >= 0.6 is 0 Å². The number of aliphatic hydroxyl groups excluding tert-OH is 1. The van der Waals surface area contributed by atoms with E-state index in [4.69, 9.17) is 14.2 Å². The summed E-state index contributed by atoms with van der Waals surface area (Å²) in [4.78, 5) is 12.0. The predicted octanol–water partition coefficient (Wildman–Crippen LogP) is 0.342. The number of hydrogen-bond acceptors (Lipinski definition) is 6. The monoisotopic (exact) mass is 338 g/mol. The molecule has 1 aliphatic rings. The lowest BCUT2D eigenvalue weighted by molar-refractivity contribution is -0.121. The van der Waals surface area contributed by atoms with E-state index in [0.717, 1.165) is 12.1 Å². The van der Waals surface area contributed by atoms with Crippen LogP contribution < -0.4 is 24.8 Å². The molecular formula is C17H26N2O5. The fourth-order valence-electron chi connectivity index (χ4n) is 2.87. The summed E-state index contributed by atoms with van der Waals surface area (Å²) in [6, 6.07) is 3.67. The highest BCUT2D eigenvalue weighted by atomic mass is 16.5. The van der Waals surface area contributed by atoms with E-state index in [1.165, 1.54) is 0 Å². The summed E-state index contributed by atoms with van der Waals surface area (Å²) in [7, 11) is 4.68. The second-order valence-corrected chi connectivity index (χ2v) is 5.78. The molecule has 7 nitrogen and oxygen atoms in total. The van der Waals surface area contributed by atoms with E-state index in [0.29, 0.717) is 43.2 Å². The molecule has 2 unspecified atom stereocenters. The van der Waals surface area contributed by atoms with Crippen molar-refractivity contribution in [3.63, 3.8) is 0 Å². The molecule has 0 spiro atoms. The topological polar surface area (TPSA) is 89.1 Å². The van der Waals surface area contributed by atoms with Gasteiger partial charge in [0.2, 0.25) is 11.7 Å². The molecule has 0 saturated carbocycles. The number of methoxy groups -OCH3 is 3. The Hall–Kier alpha value is -1.99. The molecule has 24 heavy (non-hydrogen) atoms. The van der Waals surface area contributed by atoms with Gasteiger partial charge in [-0.15, -0.1) is 0 Å². The van der Waals surface area contributed by atoms with Crippen LogP contribution in [0.15, 0.2) is 12.1 Å². The Balaban J connectivity index is 1.92. The maximum atomic E-state index is 12.0. The lowest BCUT2D eigenvalue weighted by atomic mass is 10.1. The predicted molar refractivity (Wildman–Crippen MR) is 89.8 cm³/mol. The van der Waals surface area contributed by atoms with Gasteiger partial charge >= 0.3 is 0 Å². The SMILES string of the molecule is COc1ccc(CCC(=O)NCC2CNCC2O)c(OC)c1OC. The highest BCUT2D eigenvalue weighted by Crippen LogP contribution is 2.40. The average molecular weight is 338 g/mol. The number of amides is 1. The van der Waals surface area contributed by atoms with E-state index in [1.807, 2.05) is 6.07 Å². The first-order chi connectivity index (χ1) is 11.6. The average Bonchev–Trinajstić information content (AvgIpc) is 3.01. The van der Waals surface area contributed by atoms with Crippen molar-refractivity contribution in [3.05, 3.63) is 17.7 Å². The molecule has 1 fully saturated rings. The molecule has 0 aliphatic carbocycles. The Morgan fingerprint density at radius 3 is 2.54 bits per heavy atom. The van der Waals surface area contributed by atoms with E-state index in [9.17, 15) is 9.90 Å². The van der Waals surface area contributed by atoms with Crippen molar-refractivity contribution in [1.29, 1.82) is 0 Å². The van der Waals surface area contributed by atoms with Crippen molar-refractivity contribution in [3.8, 4) is 17.2 Å². The molecule has 1 heterocycles. The lowest BCUT2D eigenvalue weighted by Gasteiger charge is -2.16. The largest absolute Gasteiger partial charge is 0.493 e. The van der Waals surface area contributed by atoms with Gasteiger partial charge in [0, 0.05) is 32.0 Å². The number of carbonyl (C=O) groups excluding carboxylic acids is 1. The first kappa shape index (κ1) is 18.4. The first-order valence-corrected chi connectivity index (χ1v) is 8.04. The number of hydrogen-bond donors (Lipinski definition) is 3. The van der Waals surface area contributed by atoms with Gasteiger partial charge in [0.1, 0.15) is 0 Å². The van der Waals surface area contributed by atoms with Gasteiger partial charge in [-0.25, -0.2) is 0 Å². The van der Waals surface area contributed by atoms with Crippen LogP contribution in [0.3, 0.4) is 0 Å². The van der Waals surface area contributed by atoms with Crippen molar-refractivity contribution in [1.82, 2.24) is 10.6 Å². The maximum absolute atomic E-state index is 12.0. The van der Waals surface area contributed by atoms with Crippen molar-refractivity contribution < 1.29 is 24.1 Å². The quantitative estimate of drug-likeness (QED) is 0.633. The van der Waals surface area contributed by atoms with Crippen LogP contribution in [0.4, 0.5) is 0 Å². The van der Waals surface area contributed by atoms with Crippen LogP contribution in [0.1, 0.15) is 12.0 Å². The van der Waals surface area contributed by atoms with Crippen LogP contribution in [-0.4, -0.2) is 58.1 Å². The second-order valence-electron chi connectivity index (χ2n) is 5.78. The van der Waals surface area contributed by atoms with Gasteiger partial charge in [-0.3, -0.25) is 4.79 Å². The van der Waals surface area contributed by atoms with E-state index in [1.54, 1.807) is 27.4 Å². The fourth-order valence-corrected chi connectivity index (χ4v) is 2.87. The highest BCUT2D eigenvalue weighted by Gasteiger charge is 2.25. The summed E-state index contributed by atoms with van der Waals surface area (Å²) in [5.74, 6) is 1.72. The Morgan fingerprint density at radius 2 is 1.96 bits per heavy atom. The molecule has 1 amide bonds. The minimum atomic E-state index is -0.392. The summed E-state index contributed by atoms with van der Waals surface area (Å²) in [6.07, 6.45) is 0.472. The van der Waals surface area contributed by atoms with Crippen molar-refractivity contribution in [2.45, 2.75) is 18.9 Å². The maximum Gasteiger partial charge on any atom is 0.220 e. The highest BCUT2D eigenvalue weighted by molar-refractivity contribution is 5.76. The third-order valence-electron chi connectivity index (χ3n) is 4.27. The zero-order chi connectivity index (χ0) is 17.5. The van der Waals surface area contributed by atoms with E-state index in [2.05, 4.69) is 10.6 Å². The molecular weight excluding hydrogens is 312 g/mol. The summed E-state index contributed by atoms with van der Waals surface area (Å²) >= 11 is 0. The van der Waals surface area contributed by atoms with Crippen LogP contribution in [0.2, 0.25) is 0 Å². The molecule has 2 rings (SSSR count). The summed E-state index contributed by atoms with van der Waals surface area (Å²) in [5, 5.41) is 15.7. The number of benzene rings is 1. The van der Waals surface area contributed by atoms with Crippen molar-refractivity contribution in [2.75, 3.05) is 41.0 Å². The third kappa shape index (κ3) is 4.30. The Bertz CT molecular complexity index is 564. The summed E-state index contributed by atoms with van der Waals surface area (Å²) < 4.78 is 16.0. The van der Waals surface area contributed by atoms with Crippen LogP contribution in [0.5, 0.6) is 17.2 Å². The van der Waals surface area contributed by atoms with Crippen molar-refractivity contribution >= 4 is 5.91 Å². The minimum Gasteiger partial charge on any atom is -0.493 e. The summed E-state index contributed by atoms with van der Waals surface area (Å²) in [6.45, 7) is 1.80. The zero-order valence-corrected chi connectivity index (χ0v) is 14.4. The van der Waals surface area contributed by atoms with Crippen molar-refractivity contribution in [2.24, 2.45) is 5.92 Å². The molecule has 7 heteroatoms. The standard InChI is InChI=1S/C17H26N2O5/c1-22-14-6-4-11(16(23-2)17(14)24-3)5-7-15(21)19-9-12-8-18-10-13(12)20/h4,6,12-13,18,20H,5,7-10H2,1-3H3,(H,19,21). The van der Waals surface area contributed by atoms with Gasteiger partial charge in [-0.1, -0.05) is 6.07 Å². The molecule has 1 aliphatic heterocycles. The second kappa shape index (κ2) is 8.75. The Labute approximate surface area is 142 Å². The third-order valence-corrected chi connectivity index (χ3v) is 4.27. The van der Waals surface area contributed by atoms with Gasteiger partial charge < -0.3 is 30.0 Å². The number of nitrogens with one attached hydrogen (secondary N) is 2. The van der Waals surface area contributed by atoms with E-state index in [-0.39, 0.29) is 11.8 Å². The molecule has 0 radical (unpaired) electrons. The van der Waals surface area contributed by atoms with Gasteiger partial charge in [0.25, 0.3) is 0 Å². The molecule has 1 aromatic rings.